The first kappa shape index (κ1) is 28.1. The average Bonchev–Trinajstić information content (AvgIpc) is 2.90. The highest BCUT2D eigenvalue weighted by Gasteiger charge is 2.19. The van der Waals surface area contributed by atoms with Gasteiger partial charge in [-0.25, -0.2) is 0 Å². The first-order valence-electron chi connectivity index (χ1n) is 11.5. The van der Waals surface area contributed by atoms with Crippen LogP contribution >= 0.6 is 28.3 Å². The van der Waals surface area contributed by atoms with E-state index >= 15 is 0 Å². The van der Waals surface area contributed by atoms with Crippen molar-refractivity contribution in [2.75, 3.05) is 26.9 Å². The molecule has 3 N–H and O–H groups in total. The molecule has 3 atom stereocenters. The molecule has 1 aliphatic rings. The number of rotatable bonds is 10. The Balaban J connectivity index is 0.00000361. The number of methoxy groups -OCH3 is 1. The van der Waals surface area contributed by atoms with Crippen LogP contribution in [-0.4, -0.2) is 43.2 Å². The largest absolute Gasteiger partial charge is 0.493 e. The fourth-order valence-corrected chi connectivity index (χ4v) is 4.47. The standard InChI is InChI=1S/C27H30BrNO6.ClH/c1-17(26(31)19-6-4-3-5-7-19)29-15-18-12-21(28)27(25(13-18)32-2)35-16-22(30)20-8-9-23-24(14-20)34-11-10-33-23;/h3-9,12-14,17,22,26,29-31H,10-11,15-16H2,1-2H3;1H. The Kier molecular flexibility index (Phi) is 10.3. The van der Waals surface area contributed by atoms with E-state index in [4.69, 9.17) is 18.9 Å². The van der Waals surface area contributed by atoms with Crippen molar-refractivity contribution in [3.8, 4) is 23.0 Å². The van der Waals surface area contributed by atoms with Crippen molar-refractivity contribution in [3.05, 3.63) is 81.8 Å². The van der Waals surface area contributed by atoms with E-state index < -0.39 is 12.2 Å². The Bertz CT molecular complexity index is 1130. The van der Waals surface area contributed by atoms with E-state index in [2.05, 4.69) is 21.2 Å². The number of aliphatic hydroxyl groups is 2. The van der Waals surface area contributed by atoms with Crippen LogP contribution in [0.25, 0.3) is 0 Å². The molecule has 7 nitrogen and oxygen atoms in total. The zero-order valence-corrected chi connectivity index (χ0v) is 22.6. The third-order valence-corrected chi connectivity index (χ3v) is 6.46. The lowest BCUT2D eigenvalue weighted by Crippen LogP contribution is -2.31. The molecular weight excluding hydrogens is 550 g/mol. The molecule has 0 saturated carbocycles. The number of nitrogens with one attached hydrogen (secondary N) is 1. The van der Waals surface area contributed by atoms with Crippen molar-refractivity contribution in [2.24, 2.45) is 0 Å². The van der Waals surface area contributed by atoms with E-state index in [1.54, 1.807) is 25.3 Å². The van der Waals surface area contributed by atoms with Crippen LogP contribution in [0.15, 0.2) is 65.1 Å². The van der Waals surface area contributed by atoms with Gasteiger partial charge < -0.3 is 34.5 Å². The lowest BCUT2D eigenvalue weighted by molar-refractivity contribution is 0.105. The number of fused-ring (bicyclic) bond motifs is 1. The summed E-state index contributed by atoms with van der Waals surface area (Å²) in [6, 6.07) is 18.6. The average molecular weight is 581 g/mol. The molecule has 36 heavy (non-hydrogen) atoms. The van der Waals surface area contributed by atoms with E-state index in [1.807, 2.05) is 49.4 Å². The Morgan fingerprint density at radius 1 is 0.972 bits per heavy atom. The van der Waals surface area contributed by atoms with Crippen molar-refractivity contribution in [2.45, 2.75) is 31.7 Å². The molecule has 3 aromatic rings. The van der Waals surface area contributed by atoms with Gasteiger partial charge in [0, 0.05) is 12.6 Å². The maximum Gasteiger partial charge on any atom is 0.175 e. The second-order valence-corrected chi connectivity index (χ2v) is 9.22. The summed E-state index contributed by atoms with van der Waals surface area (Å²) in [6.45, 7) is 3.51. The first-order chi connectivity index (χ1) is 17.0. The summed E-state index contributed by atoms with van der Waals surface area (Å²) in [7, 11) is 1.57. The molecule has 0 saturated heterocycles. The Morgan fingerprint density at radius 3 is 2.42 bits per heavy atom. The first-order valence-corrected chi connectivity index (χ1v) is 12.3. The molecule has 0 bridgehead atoms. The Morgan fingerprint density at radius 2 is 1.69 bits per heavy atom. The zero-order chi connectivity index (χ0) is 24.8. The fourth-order valence-electron chi connectivity index (χ4n) is 3.87. The van der Waals surface area contributed by atoms with Crippen molar-refractivity contribution < 1.29 is 29.2 Å². The van der Waals surface area contributed by atoms with Crippen molar-refractivity contribution >= 4 is 28.3 Å². The summed E-state index contributed by atoms with van der Waals surface area (Å²) in [5.41, 5.74) is 2.50. The SMILES string of the molecule is COc1cc(CNC(C)C(O)c2ccccc2)cc(Br)c1OCC(O)c1ccc2c(c1)OCCO2.Cl. The number of halogens is 2. The van der Waals surface area contributed by atoms with Gasteiger partial charge in [-0.05, 0) is 63.8 Å². The van der Waals surface area contributed by atoms with E-state index in [9.17, 15) is 10.2 Å². The maximum absolute atomic E-state index is 10.7. The quantitative estimate of drug-likeness (QED) is 0.312. The topological polar surface area (TPSA) is 89.4 Å². The van der Waals surface area contributed by atoms with E-state index in [1.165, 1.54) is 0 Å². The summed E-state index contributed by atoms with van der Waals surface area (Å²) in [6.07, 6.45) is -1.48. The minimum Gasteiger partial charge on any atom is -0.493 e. The lowest BCUT2D eigenvalue weighted by atomic mass is 10.0. The van der Waals surface area contributed by atoms with Crippen molar-refractivity contribution in [3.63, 3.8) is 0 Å². The van der Waals surface area contributed by atoms with Crippen LogP contribution in [-0.2, 0) is 6.54 Å². The third kappa shape index (κ3) is 6.83. The molecular formula is C27H31BrClNO6. The van der Waals surface area contributed by atoms with Crippen LogP contribution in [0.5, 0.6) is 23.0 Å². The van der Waals surface area contributed by atoms with Gasteiger partial charge in [0.05, 0.1) is 17.7 Å². The van der Waals surface area contributed by atoms with Crippen LogP contribution in [0.1, 0.15) is 35.8 Å². The van der Waals surface area contributed by atoms with E-state index in [-0.39, 0.29) is 25.1 Å². The highest BCUT2D eigenvalue weighted by atomic mass is 79.9. The number of aliphatic hydroxyl groups excluding tert-OH is 2. The maximum atomic E-state index is 10.7. The fraction of sp³-hybridized carbons (Fsp3) is 0.333. The minimum atomic E-state index is -0.857. The van der Waals surface area contributed by atoms with Crippen LogP contribution < -0.4 is 24.3 Å². The van der Waals surface area contributed by atoms with Gasteiger partial charge in [-0.1, -0.05) is 36.4 Å². The van der Waals surface area contributed by atoms with Crippen LogP contribution in [0.4, 0.5) is 0 Å². The molecule has 194 valence electrons. The Labute approximate surface area is 225 Å². The van der Waals surface area contributed by atoms with Gasteiger partial charge in [-0.15, -0.1) is 12.4 Å². The van der Waals surface area contributed by atoms with Gasteiger partial charge in [0.15, 0.2) is 23.0 Å². The molecule has 4 rings (SSSR count). The van der Waals surface area contributed by atoms with Crippen LogP contribution in [0.2, 0.25) is 0 Å². The van der Waals surface area contributed by atoms with Gasteiger partial charge in [0.1, 0.15) is 25.9 Å². The van der Waals surface area contributed by atoms with E-state index in [0.717, 1.165) is 11.1 Å². The monoisotopic (exact) mass is 579 g/mol. The molecule has 0 amide bonds. The van der Waals surface area contributed by atoms with Gasteiger partial charge >= 0.3 is 0 Å². The smallest absolute Gasteiger partial charge is 0.175 e. The van der Waals surface area contributed by atoms with E-state index in [0.29, 0.717) is 52.8 Å². The number of ether oxygens (including phenoxy) is 4. The molecule has 0 fully saturated rings. The molecule has 0 aromatic heterocycles. The van der Waals surface area contributed by atoms with Gasteiger partial charge in [0.2, 0.25) is 0 Å². The van der Waals surface area contributed by atoms with Crippen molar-refractivity contribution in [1.29, 1.82) is 0 Å². The molecule has 0 radical (unpaired) electrons. The molecule has 0 spiro atoms. The van der Waals surface area contributed by atoms with Gasteiger partial charge in [0.25, 0.3) is 0 Å². The summed E-state index contributed by atoms with van der Waals surface area (Å²) in [4.78, 5) is 0. The Hall–Kier alpha value is -2.49. The van der Waals surface area contributed by atoms with Gasteiger partial charge in [-0.2, -0.15) is 0 Å². The molecule has 1 aliphatic heterocycles. The third-order valence-electron chi connectivity index (χ3n) is 5.87. The molecule has 3 aromatic carbocycles. The normalized spacial score (nSPS) is 14.8. The van der Waals surface area contributed by atoms with Crippen molar-refractivity contribution in [1.82, 2.24) is 5.32 Å². The predicted molar refractivity (Wildman–Crippen MR) is 144 cm³/mol. The second kappa shape index (κ2) is 13.2. The predicted octanol–water partition coefficient (Wildman–Crippen LogP) is 4.97. The lowest BCUT2D eigenvalue weighted by Gasteiger charge is -2.22. The summed E-state index contributed by atoms with van der Waals surface area (Å²) in [5, 5.41) is 24.6. The highest BCUT2D eigenvalue weighted by Crippen LogP contribution is 2.38. The molecule has 0 aliphatic carbocycles. The number of benzene rings is 3. The summed E-state index contributed by atoms with van der Waals surface area (Å²) in [5.74, 6) is 2.34. The zero-order valence-electron chi connectivity index (χ0n) is 20.1. The number of hydrogen-bond acceptors (Lipinski definition) is 7. The molecule has 1 heterocycles. The summed E-state index contributed by atoms with van der Waals surface area (Å²) >= 11 is 3.57. The molecule has 9 heteroatoms. The summed E-state index contributed by atoms with van der Waals surface area (Å²) < 4.78 is 23.3. The highest BCUT2D eigenvalue weighted by molar-refractivity contribution is 9.10. The second-order valence-electron chi connectivity index (χ2n) is 8.36. The van der Waals surface area contributed by atoms with Crippen LogP contribution in [0.3, 0.4) is 0 Å². The van der Waals surface area contributed by atoms with Gasteiger partial charge in [-0.3, -0.25) is 0 Å². The number of hydrogen-bond donors (Lipinski definition) is 3. The molecule has 3 unspecified atom stereocenters. The van der Waals surface area contributed by atoms with Crippen LogP contribution in [0, 0.1) is 0 Å². The minimum absolute atomic E-state index is 0.